The molecular formula is C51H60O8. The number of ketones is 3. The number of hydrogen-bond donors (Lipinski definition) is 0. The molecule has 0 radical (unpaired) electrons. The fraction of sp³-hybridized carbons (Fsp3) is 0.529. The average molecular weight is 801 g/mol. The van der Waals surface area contributed by atoms with Crippen LogP contribution in [0.2, 0.25) is 0 Å². The minimum atomic E-state index is -0.703. The molecule has 312 valence electrons. The Hall–Kier alpha value is -4.72. The van der Waals surface area contributed by atoms with Gasteiger partial charge in [-0.2, -0.15) is 0 Å². The second kappa shape index (κ2) is 17.5. The van der Waals surface area contributed by atoms with E-state index >= 15 is 4.79 Å². The first-order chi connectivity index (χ1) is 28.5. The predicted octanol–water partition coefficient (Wildman–Crippen LogP) is 10.4. The predicted molar refractivity (Wildman–Crippen MR) is 228 cm³/mol. The van der Waals surface area contributed by atoms with Crippen LogP contribution >= 0.6 is 0 Å². The molecule has 59 heavy (non-hydrogen) atoms. The lowest BCUT2D eigenvalue weighted by Crippen LogP contribution is -2.34. The summed E-state index contributed by atoms with van der Waals surface area (Å²) in [7, 11) is 1.66. The molecule has 5 aliphatic rings. The van der Waals surface area contributed by atoms with E-state index in [4.69, 9.17) is 18.9 Å². The molecule has 0 aromatic heterocycles. The summed E-state index contributed by atoms with van der Waals surface area (Å²) in [6.45, 7) is 6.58. The highest BCUT2D eigenvalue weighted by Gasteiger charge is 2.59. The van der Waals surface area contributed by atoms with Crippen LogP contribution in [0.25, 0.3) is 16.3 Å². The van der Waals surface area contributed by atoms with Crippen molar-refractivity contribution in [2.75, 3.05) is 13.7 Å². The maximum Gasteiger partial charge on any atom is 0.306 e. The zero-order valence-electron chi connectivity index (χ0n) is 35.3. The number of benzene rings is 3. The Balaban J connectivity index is 1.13. The van der Waals surface area contributed by atoms with Gasteiger partial charge >= 0.3 is 5.97 Å². The van der Waals surface area contributed by atoms with Crippen LogP contribution in [-0.2, 0) is 30.3 Å². The number of methoxy groups -OCH3 is 1. The lowest BCUT2D eigenvalue weighted by atomic mass is 9.77. The van der Waals surface area contributed by atoms with Gasteiger partial charge in [0, 0.05) is 35.0 Å². The van der Waals surface area contributed by atoms with Crippen molar-refractivity contribution < 1.29 is 38.1 Å². The van der Waals surface area contributed by atoms with Crippen LogP contribution < -0.4 is 14.2 Å². The Morgan fingerprint density at radius 2 is 1.75 bits per heavy atom. The fourth-order valence-electron chi connectivity index (χ4n) is 10.6. The zero-order valence-corrected chi connectivity index (χ0v) is 35.3. The van der Waals surface area contributed by atoms with Crippen molar-refractivity contribution in [3.05, 3.63) is 83.4 Å². The van der Waals surface area contributed by atoms with Gasteiger partial charge < -0.3 is 18.9 Å². The summed E-state index contributed by atoms with van der Waals surface area (Å²) in [5.74, 6) is 0.363. The second-order valence-electron chi connectivity index (χ2n) is 18.5. The maximum absolute atomic E-state index is 15.1. The van der Waals surface area contributed by atoms with Crippen molar-refractivity contribution in [1.29, 1.82) is 0 Å². The van der Waals surface area contributed by atoms with Crippen molar-refractivity contribution in [3.8, 4) is 17.2 Å². The Bertz CT molecular complexity index is 2160. The summed E-state index contributed by atoms with van der Waals surface area (Å²) in [6, 6.07) is 18.0. The number of allylic oxidation sites excluding steroid dienone is 4. The number of carbonyl (C=O) groups excluding carboxylic acids is 4. The molecule has 0 spiro atoms. The SMILES string of the molecule is COc1ccc2c(OC3CC4C(=O)CC5(C(C)=O)CC5CCCOc5cccc(c5)CC(CC(=O)OC5CCCC5)C(=O)C4C3)cc(C3=CCC(CC(C)C)=C3)cc2c1. The number of carbonyl (C=O) groups is 4. The molecule has 6 unspecified atom stereocenters. The van der Waals surface area contributed by atoms with Gasteiger partial charge in [-0.15, -0.1) is 0 Å². The van der Waals surface area contributed by atoms with E-state index in [-0.39, 0.29) is 48.2 Å². The molecule has 8 rings (SSSR count). The third-order valence-electron chi connectivity index (χ3n) is 13.8. The van der Waals surface area contributed by atoms with Crippen LogP contribution in [0, 0.1) is 35.0 Å². The molecule has 1 aliphatic heterocycles. The van der Waals surface area contributed by atoms with Crippen molar-refractivity contribution in [2.24, 2.45) is 35.0 Å². The molecule has 0 amide bonds. The number of rotatable bonds is 10. The summed E-state index contributed by atoms with van der Waals surface area (Å²) in [6.07, 6.45) is 13.1. The lowest BCUT2D eigenvalue weighted by Gasteiger charge is -2.25. The number of esters is 1. The van der Waals surface area contributed by atoms with Gasteiger partial charge in [-0.1, -0.05) is 43.7 Å². The summed E-state index contributed by atoms with van der Waals surface area (Å²) in [5, 5.41) is 1.91. The summed E-state index contributed by atoms with van der Waals surface area (Å²) in [5.41, 5.74) is 3.81. The van der Waals surface area contributed by atoms with Gasteiger partial charge in [-0.25, -0.2) is 0 Å². The van der Waals surface area contributed by atoms with Gasteiger partial charge in [0.15, 0.2) is 0 Å². The molecular weight excluding hydrogens is 741 g/mol. The molecule has 4 aliphatic carbocycles. The molecule has 8 nitrogen and oxygen atoms in total. The second-order valence-corrected chi connectivity index (χ2v) is 18.5. The Morgan fingerprint density at radius 1 is 0.932 bits per heavy atom. The lowest BCUT2D eigenvalue weighted by molar-refractivity contribution is -0.152. The third-order valence-corrected chi connectivity index (χ3v) is 13.8. The molecule has 2 bridgehead atoms. The van der Waals surface area contributed by atoms with Crippen LogP contribution in [-0.4, -0.2) is 49.2 Å². The highest BCUT2D eigenvalue weighted by molar-refractivity contribution is 5.97. The Labute approximate surface area is 349 Å². The fourth-order valence-corrected chi connectivity index (χ4v) is 10.6. The van der Waals surface area contributed by atoms with E-state index in [0.29, 0.717) is 44.0 Å². The molecule has 3 aromatic rings. The number of hydrogen-bond acceptors (Lipinski definition) is 8. The van der Waals surface area contributed by atoms with E-state index in [0.717, 1.165) is 90.3 Å². The molecule has 0 saturated heterocycles. The minimum Gasteiger partial charge on any atom is -0.497 e. The van der Waals surface area contributed by atoms with Crippen molar-refractivity contribution in [3.63, 3.8) is 0 Å². The van der Waals surface area contributed by atoms with Gasteiger partial charge in [0.1, 0.15) is 46.8 Å². The van der Waals surface area contributed by atoms with Crippen LogP contribution in [0.1, 0.15) is 115 Å². The molecule has 3 aromatic carbocycles. The molecule has 0 N–H and O–H groups in total. The summed E-state index contributed by atoms with van der Waals surface area (Å²) < 4.78 is 24.7. The first kappa shape index (κ1) is 41.0. The number of Topliss-reactive ketones (excluding diaryl/α,β-unsaturated/α-hetero) is 3. The third kappa shape index (κ3) is 9.22. The molecule has 3 fully saturated rings. The standard InChI is InChI=1S/C51H60O8/c1-31(2)19-34-14-15-35(20-34)36-23-37-24-41(56-4)16-17-44(37)48(25-36)58-43-27-45-46(28-43)50(55)38(26-49(54)59-40-11-5-6-12-40)21-33-9-7-13-42(22-33)57-18-8-10-39-29-51(39,32(3)52)30-47(45)53/h7,9,13,15-17,20,22-25,31,38-40,43,45-46H,5-6,8,10-12,14,18-19,21,26-30H2,1-4H3. The van der Waals surface area contributed by atoms with E-state index in [1.54, 1.807) is 14.0 Å². The average Bonchev–Trinajstić information content (AvgIpc) is 3.63. The van der Waals surface area contributed by atoms with Crippen molar-refractivity contribution >= 4 is 39.7 Å². The molecule has 6 atom stereocenters. The minimum absolute atomic E-state index is 0.0392. The molecule has 1 heterocycles. The van der Waals surface area contributed by atoms with Crippen LogP contribution in [0.3, 0.4) is 0 Å². The van der Waals surface area contributed by atoms with Crippen LogP contribution in [0.5, 0.6) is 17.2 Å². The van der Waals surface area contributed by atoms with Gasteiger partial charge in [-0.05, 0) is 160 Å². The zero-order chi connectivity index (χ0) is 41.3. The van der Waals surface area contributed by atoms with E-state index in [1.165, 1.54) is 5.57 Å². The molecule has 3 saturated carbocycles. The largest absolute Gasteiger partial charge is 0.497 e. The van der Waals surface area contributed by atoms with E-state index in [2.05, 4.69) is 38.1 Å². The van der Waals surface area contributed by atoms with Crippen molar-refractivity contribution in [2.45, 2.75) is 123 Å². The maximum atomic E-state index is 15.1. The van der Waals surface area contributed by atoms with Crippen LogP contribution in [0.15, 0.2) is 72.3 Å². The first-order valence-corrected chi connectivity index (χ1v) is 22.1. The van der Waals surface area contributed by atoms with E-state index < -0.39 is 29.3 Å². The number of ether oxygens (including phenoxy) is 4. The number of fused-ring (bicyclic) bond motifs is 5. The normalized spacial score (nSPS) is 27.4. The van der Waals surface area contributed by atoms with Gasteiger partial charge in [-0.3, -0.25) is 19.2 Å². The first-order valence-electron chi connectivity index (χ1n) is 22.1. The smallest absolute Gasteiger partial charge is 0.306 e. The highest BCUT2D eigenvalue weighted by atomic mass is 16.5. The topological polar surface area (TPSA) is 105 Å². The van der Waals surface area contributed by atoms with Crippen molar-refractivity contribution in [1.82, 2.24) is 0 Å². The van der Waals surface area contributed by atoms with Crippen LogP contribution in [0.4, 0.5) is 0 Å². The van der Waals surface area contributed by atoms with Gasteiger partial charge in [0.05, 0.1) is 20.1 Å². The highest BCUT2D eigenvalue weighted by Crippen LogP contribution is 2.59. The quantitative estimate of drug-likeness (QED) is 0.187. The Kier molecular flexibility index (Phi) is 12.2. The van der Waals surface area contributed by atoms with Gasteiger partial charge in [0.25, 0.3) is 0 Å². The van der Waals surface area contributed by atoms with E-state index in [1.807, 2.05) is 42.5 Å². The molecule has 8 heteroatoms. The van der Waals surface area contributed by atoms with E-state index in [9.17, 15) is 14.4 Å². The van der Waals surface area contributed by atoms with Gasteiger partial charge in [0.2, 0.25) is 0 Å². The Morgan fingerprint density at radius 3 is 2.53 bits per heavy atom. The monoisotopic (exact) mass is 800 g/mol. The summed E-state index contributed by atoms with van der Waals surface area (Å²) in [4.78, 5) is 56.7. The summed E-state index contributed by atoms with van der Waals surface area (Å²) >= 11 is 0.